The molecule has 30 heavy (non-hydrogen) atoms. The largest absolute Gasteiger partial charge is 0.497 e. The number of carbonyl (C=O) groups is 2. The average Bonchev–Trinajstić information content (AvgIpc) is 2.75. The van der Waals surface area contributed by atoms with E-state index in [1.165, 1.54) is 6.42 Å². The maximum absolute atomic E-state index is 12.5. The summed E-state index contributed by atoms with van der Waals surface area (Å²) in [5, 5.41) is 8.94. The monoisotopic (exact) mass is 425 g/mol. The van der Waals surface area contributed by atoms with E-state index in [9.17, 15) is 9.59 Å². The number of thiocarbonyl (C=S) groups is 1. The second-order valence-electron chi connectivity index (χ2n) is 7.42. The Bertz CT molecular complexity index is 893. The Morgan fingerprint density at radius 1 is 1.07 bits per heavy atom. The van der Waals surface area contributed by atoms with E-state index in [4.69, 9.17) is 17.0 Å². The Labute approximate surface area is 182 Å². The van der Waals surface area contributed by atoms with Crippen molar-refractivity contribution in [3.05, 3.63) is 59.7 Å². The lowest BCUT2D eigenvalue weighted by molar-refractivity contribution is -0.119. The minimum atomic E-state index is -0.219. The third kappa shape index (κ3) is 6.56. The molecule has 0 spiro atoms. The van der Waals surface area contributed by atoms with Crippen molar-refractivity contribution in [1.82, 2.24) is 10.6 Å². The van der Waals surface area contributed by atoms with Crippen LogP contribution in [0.2, 0.25) is 0 Å². The minimum absolute atomic E-state index is 0.0833. The molecule has 2 amide bonds. The van der Waals surface area contributed by atoms with E-state index in [0.717, 1.165) is 37.0 Å². The zero-order valence-electron chi connectivity index (χ0n) is 17.1. The van der Waals surface area contributed by atoms with Gasteiger partial charge in [-0.2, -0.15) is 0 Å². The van der Waals surface area contributed by atoms with Crippen LogP contribution in [0.3, 0.4) is 0 Å². The first-order valence-corrected chi connectivity index (χ1v) is 10.6. The van der Waals surface area contributed by atoms with Crippen LogP contribution in [0.4, 0.5) is 5.69 Å². The first-order chi connectivity index (χ1) is 14.5. The van der Waals surface area contributed by atoms with Crippen LogP contribution in [0.25, 0.3) is 0 Å². The van der Waals surface area contributed by atoms with Gasteiger partial charge in [0.1, 0.15) is 5.75 Å². The zero-order chi connectivity index (χ0) is 21.3. The molecule has 2 aromatic rings. The summed E-state index contributed by atoms with van der Waals surface area (Å²) in [6, 6.07) is 14.6. The van der Waals surface area contributed by atoms with Crippen molar-refractivity contribution in [3.8, 4) is 5.75 Å². The number of nitrogens with one attached hydrogen (secondary N) is 3. The van der Waals surface area contributed by atoms with E-state index in [2.05, 4.69) is 16.0 Å². The summed E-state index contributed by atoms with van der Waals surface area (Å²) in [6.07, 6.45) is 5.85. The summed E-state index contributed by atoms with van der Waals surface area (Å²) in [7, 11) is 1.60. The van der Waals surface area contributed by atoms with E-state index in [1.807, 2.05) is 24.3 Å². The summed E-state index contributed by atoms with van der Waals surface area (Å²) in [4.78, 5) is 24.8. The zero-order valence-corrected chi connectivity index (χ0v) is 17.9. The molecule has 1 saturated carbocycles. The quantitative estimate of drug-likeness (QED) is 0.614. The highest BCUT2D eigenvalue weighted by Gasteiger charge is 2.17. The lowest BCUT2D eigenvalue weighted by atomic mass is 9.95. The molecule has 0 radical (unpaired) electrons. The van der Waals surface area contributed by atoms with Crippen molar-refractivity contribution < 1.29 is 14.3 Å². The summed E-state index contributed by atoms with van der Waals surface area (Å²) in [6.45, 7) is 0. The number of hydrogen-bond donors (Lipinski definition) is 3. The molecule has 0 atom stereocenters. The van der Waals surface area contributed by atoms with Crippen molar-refractivity contribution in [2.24, 2.45) is 0 Å². The summed E-state index contributed by atoms with van der Waals surface area (Å²) in [5.41, 5.74) is 2.08. The van der Waals surface area contributed by atoms with Crippen LogP contribution in [0, 0.1) is 0 Å². The van der Waals surface area contributed by atoms with Crippen LogP contribution in [-0.4, -0.2) is 30.1 Å². The molecular formula is C23H27N3O3S. The minimum Gasteiger partial charge on any atom is -0.497 e. The summed E-state index contributed by atoms with van der Waals surface area (Å²) < 4.78 is 5.11. The highest BCUT2D eigenvalue weighted by Crippen LogP contribution is 2.18. The molecule has 1 aliphatic rings. The van der Waals surface area contributed by atoms with Gasteiger partial charge in [-0.05, 0) is 61.0 Å². The second-order valence-corrected chi connectivity index (χ2v) is 7.82. The number of rotatable bonds is 6. The molecule has 0 saturated heterocycles. The van der Waals surface area contributed by atoms with Gasteiger partial charge in [-0.3, -0.25) is 9.59 Å². The molecule has 0 aromatic heterocycles. The Morgan fingerprint density at radius 3 is 2.50 bits per heavy atom. The van der Waals surface area contributed by atoms with E-state index >= 15 is 0 Å². The van der Waals surface area contributed by atoms with Gasteiger partial charge in [-0.1, -0.05) is 37.5 Å². The Kier molecular flexibility index (Phi) is 7.79. The van der Waals surface area contributed by atoms with Crippen molar-refractivity contribution in [2.75, 3.05) is 12.4 Å². The van der Waals surface area contributed by atoms with Crippen LogP contribution in [0.15, 0.2) is 48.5 Å². The molecule has 0 aliphatic heterocycles. The SMILES string of the molecule is COc1ccc(CC(=O)NC(=S)Nc2cccc(C(=O)NC3CCCCC3)c2)cc1. The van der Waals surface area contributed by atoms with Gasteiger partial charge in [0.2, 0.25) is 5.91 Å². The third-order valence-corrected chi connectivity index (χ3v) is 5.30. The second kappa shape index (κ2) is 10.7. The standard InChI is InChI=1S/C23H27N3O3S/c1-29-20-12-10-16(11-13-20)14-21(27)26-23(30)25-19-9-5-6-17(15-19)22(28)24-18-7-3-2-4-8-18/h5-6,9-13,15,18H,2-4,7-8,14H2,1H3,(H,24,28)(H2,25,26,27,30). The van der Waals surface area contributed by atoms with Crippen molar-refractivity contribution >= 4 is 34.8 Å². The molecule has 0 bridgehead atoms. The molecule has 1 aliphatic carbocycles. The van der Waals surface area contributed by atoms with Crippen molar-refractivity contribution in [3.63, 3.8) is 0 Å². The normalized spacial score (nSPS) is 13.9. The first-order valence-electron chi connectivity index (χ1n) is 10.2. The van der Waals surface area contributed by atoms with Crippen LogP contribution in [-0.2, 0) is 11.2 Å². The van der Waals surface area contributed by atoms with E-state index in [0.29, 0.717) is 11.3 Å². The lowest BCUT2D eigenvalue weighted by Gasteiger charge is -2.22. The summed E-state index contributed by atoms with van der Waals surface area (Å²) >= 11 is 5.24. The number of methoxy groups -OCH3 is 1. The lowest BCUT2D eigenvalue weighted by Crippen LogP contribution is -2.36. The predicted molar refractivity (Wildman–Crippen MR) is 122 cm³/mol. The average molecular weight is 426 g/mol. The number of ether oxygens (including phenoxy) is 1. The van der Waals surface area contributed by atoms with Gasteiger partial charge in [0.25, 0.3) is 5.91 Å². The van der Waals surface area contributed by atoms with E-state index < -0.39 is 0 Å². The van der Waals surface area contributed by atoms with Crippen molar-refractivity contribution in [1.29, 1.82) is 0 Å². The topological polar surface area (TPSA) is 79.5 Å². The maximum Gasteiger partial charge on any atom is 0.251 e. The molecule has 2 aromatic carbocycles. The Balaban J connectivity index is 1.51. The fourth-order valence-corrected chi connectivity index (χ4v) is 3.75. The maximum atomic E-state index is 12.5. The third-order valence-electron chi connectivity index (χ3n) is 5.10. The molecule has 158 valence electrons. The van der Waals surface area contributed by atoms with Gasteiger partial charge in [0, 0.05) is 17.3 Å². The van der Waals surface area contributed by atoms with Gasteiger partial charge in [-0.25, -0.2) is 0 Å². The number of amides is 2. The molecule has 3 N–H and O–H groups in total. The van der Waals surface area contributed by atoms with Crippen molar-refractivity contribution in [2.45, 2.75) is 44.6 Å². The van der Waals surface area contributed by atoms with Crippen LogP contribution < -0.4 is 20.7 Å². The molecule has 7 heteroatoms. The van der Waals surface area contributed by atoms with Gasteiger partial charge in [-0.15, -0.1) is 0 Å². The van der Waals surface area contributed by atoms with E-state index in [-0.39, 0.29) is 29.4 Å². The van der Waals surface area contributed by atoms with Gasteiger partial charge in [0.05, 0.1) is 13.5 Å². The van der Waals surface area contributed by atoms with Gasteiger partial charge < -0.3 is 20.7 Å². The predicted octanol–water partition coefficient (Wildman–Crippen LogP) is 3.81. The molecule has 3 rings (SSSR count). The molecule has 1 fully saturated rings. The number of benzene rings is 2. The number of hydrogen-bond acceptors (Lipinski definition) is 4. The van der Waals surface area contributed by atoms with Gasteiger partial charge in [0.15, 0.2) is 5.11 Å². The van der Waals surface area contributed by atoms with Crippen LogP contribution in [0.5, 0.6) is 5.75 Å². The smallest absolute Gasteiger partial charge is 0.251 e. The fraction of sp³-hybridized carbons (Fsp3) is 0.348. The highest BCUT2D eigenvalue weighted by atomic mass is 32.1. The molecule has 0 heterocycles. The number of anilines is 1. The molecule has 0 unspecified atom stereocenters. The number of carbonyl (C=O) groups excluding carboxylic acids is 2. The highest BCUT2D eigenvalue weighted by molar-refractivity contribution is 7.80. The van der Waals surface area contributed by atoms with Crippen LogP contribution in [0.1, 0.15) is 48.0 Å². The first kappa shape index (κ1) is 21.8. The summed E-state index contributed by atoms with van der Waals surface area (Å²) in [5.74, 6) is 0.438. The molecular weight excluding hydrogens is 398 g/mol. The Hall–Kier alpha value is -2.93. The van der Waals surface area contributed by atoms with Crippen LogP contribution >= 0.6 is 12.2 Å². The fourth-order valence-electron chi connectivity index (χ4n) is 3.52. The van der Waals surface area contributed by atoms with E-state index in [1.54, 1.807) is 31.4 Å². The van der Waals surface area contributed by atoms with Gasteiger partial charge >= 0.3 is 0 Å². The Morgan fingerprint density at radius 2 is 1.80 bits per heavy atom. The molecule has 6 nitrogen and oxygen atoms in total.